The molecule has 1 aromatic rings. The Balaban J connectivity index is 1.52. The molecule has 0 N–H and O–H groups in total. The van der Waals surface area contributed by atoms with Gasteiger partial charge in [0.15, 0.2) is 9.84 Å². The quantitative estimate of drug-likeness (QED) is 0.727. The second-order valence-corrected chi connectivity index (χ2v) is 11.8. The molecule has 28 heavy (non-hydrogen) atoms. The van der Waals surface area contributed by atoms with Crippen LogP contribution in [0.15, 0.2) is 11.4 Å². The van der Waals surface area contributed by atoms with E-state index in [9.17, 15) is 13.2 Å². The molecule has 0 spiro atoms. The molecule has 1 saturated carbocycles. The number of hydrogen-bond acceptors (Lipinski definition) is 5. The van der Waals surface area contributed by atoms with Gasteiger partial charge in [-0.3, -0.25) is 9.69 Å². The number of hydrogen-bond donors (Lipinski definition) is 0. The van der Waals surface area contributed by atoms with Crippen LogP contribution in [0.3, 0.4) is 0 Å². The predicted octanol–water partition coefficient (Wildman–Crippen LogP) is 3.41. The van der Waals surface area contributed by atoms with Gasteiger partial charge in [0, 0.05) is 29.5 Å². The molecule has 3 heterocycles. The fourth-order valence-corrected chi connectivity index (χ4v) is 8.07. The minimum Gasteiger partial charge on any atom is -0.335 e. The van der Waals surface area contributed by atoms with Crippen molar-refractivity contribution < 1.29 is 13.2 Å². The smallest absolute Gasteiger partial charge is 0.237 e. The minimum atomic E-state index is -3.00. The maximum atomic E-state index is 13.5. The van der Waals surface area contributed by atoms with Gasteiger partial charge >= 0.3 is 0 Å². The number of nitrogens with zero attached hydrogens (tertiary/aromatic N) is 2. The summed E-state index contributed by atoms with van der Waals surface area (Å²) in [5.41, 5.74) is 1.39. The largest absolute Gasteiger partial charge is 0.335 e. The van der Waals surface area contributed by atoms with Gasteiger partial charge in [-0.25, -0.2) is 8.42 Å². The molecular weight excluding hydrogens is 392 g/mol. The number of rotatable bonds is 5. The lowest BCUT2D eigenvalue weighted by Gasteiger charge is -2.41. The van der Waals surface area contributed by atoms with Crippen molar-refractivity contribution >= 4 is 27.1 Å². The molecule has 0 bridgehead atoms. The molecule has 7 heteroatoms. The van der Waals surface area contributed by atoms with E-state index in [1.165, 1.54) is 16.9 Å². The second-order valence-electron chi connectivity index (χ2n) is 8.59. The molecule has 5 nitrogen and oxygen atoms in total. The third kappa shape index (κ3) is 4.17. The summed E-state index contributed by atoms with van der Waals surface area (Å²) in [6.45, 7) is 3.53. The topological polar surface area (TPSA) is 57.7 Å². The van der Waals surface area contributed by atoms with Crippen molar-refractivity contribution in [2.45, 2.75) is 76.4 Å². The van der Waals surface area contributed by atoms with E-state index in [1.807, 2.05) is 16.2 Å². The fraction of sp³-hybridized carbons (Fsp3) is 0.762. The lowest BCUT2D eigenvalue weighted by atomic mass is 9.92. The maximum absolute atomic E-state index is 13.5. The van der Waals surface area contributed by atoms with E-state index in [2.05, 4.69) is 23.3 Å². The second kappa shape index (κ2) is 8.44. The predicted molar refractivity (Wildman–Crippen MR) is 113 cm³/mol. The summed E-state index contributed by atoms with van der Waals surface area (Å²) >= 11 is 1.83. The van der Waals surface area contributed by atoms with Crippen molar-refractivity contribution in [2.75, 3.05) is 24.6 Å². The van der Waals surface area contributed by atoms with Gasteiger partial charge in [0.1, 0.15) is 0 Å². The number of fused-ring (bicyclic) bond motifs is 1. The molecule has 3 aliphatic rings. The third-order valence-electron chi connectivity index (χ3n) is 6.79. The SMILES string of the molecule is CCC1c2ccsc2CCN1CC(=O)N(C1CCCCC1)C1CCS(=O)(=O)C1. The molecule has 156 valence electrons. The van der Waals surface area contributed by atoms with Crippen LogP contribution in [0.1, 0.15) is 68.4 Å². The first-order valence-corrected chi connectivity index (χ1v) is 13.5. The van der Waals surface area contributed by atoms with Crippen LogP contribution in [-0.2, 0) is 21.1 Å². The fourth-order valence-electron chi connectivity index (χ4n) is 5.43. The molecule has 2 aliphatic heterocycles. The summed E-state index contributed by atoms with van der Waals surface area (Å²) in [5.74, 6) is 0.528. The first-order chi connectivity index (χ1) is 13.5. The summed E-state index contributed by atoms with van der Waals surface area (Å²) in [6, 6.07) is 2.62. The molecule has 0 radical (unpaired) electrons. The standard InChI is InChI=1S/C21H32N2O3S2/c1-2-19-18-9-12-27-20(18)8-11-22(19)14-21(24)23(16-6-4-3-5-7-16)17-10-13-28(25,26)15-17/h9,12,16-17,19H,2-8,10-11,13-15H2,1H3. The van der Waals surface area contributed by atoms with E-state index < -0.39 is 9.84 Å². The monoisotopic (exact) mass is 424 g/mol. The van der Waals surface area contributed by atoms with E-state index in [0.717, 1.165) is 45.1 Å². The summed E-state index contributed by atoms with van der Waals surface area (Å²) in [5, 5.41) is 2.16. The summed E-state index contributed by atoms with van der Waals surface area (Å²) in [4.78, 5) is 19.3. The summed E-state index contributed by atoms with van der Waals surface area (Å²) < 4.78 is 24.2. The highest BCUT2D eigenvalue weighted by molar-refractivity contribution is 7.91. The highest BCUT2D eigenvalue weighted by Gasteiger charge is 2.39. The molecule has 1 amide bonds. The molecule has 4 rings (SSSR count). The molecule has 2 fully saturated rings. The van der Waals surface area contributed by atoms with Gasteiger partial charge in [-0.1, -0.05) is 26.2 Å². The van der Waals surface area contributed by atoms with Gasteiger partial charge in [0.2, 0.25) is 5.91 Å². The minimum absolute atomic E-state index is 0.123. The third-order valence-corrected chi connectivity index (χ3v) is 9.54. The number of amides is 1. The Morgan fingerprint density at radius 2 is 2.00 bits per heavy atom. The van der Waals surface area contributed by atoms with Crippen LogP contribution in [0.25, 0.3) is 0 Å². The lowest BCUT2D eigenvalue weighted by Crippen LogP contribution is -2.52. The van der Waals surface area contributed by atoms with Gasteiger partial charge in [-0.15, -0.1) is 11.3 Å². The maximum Gasteiger partial charge on any atom is 0.237 e. The summed E-state index contributed by atoms with van der Waals surface area (Å²) in [6.07, 6.45) is 8.18. The van der Waals surface area contributed by atoms with Crippen molar-refractivity contribution in [1.82, 2.24) is 9.80 Å². The summed E-state index contributed by atoms with van der Waals surface area (Å²) in [7, 11) is -3.00. The van der Waals surface area contributed by atoms with Crippen molar-refractivity contribution in [3.05, 3.63) is 21.9 Å². The zero-order valence-electron chi connectivity index (χ0n) is 16.8. The van der Waals surface area contributed by atoms with E-state index >= 15 is 0 Å². The highest BCUT2D eigenvalue weighted by Crippen LogP contribution is 2.36. The highest BCUT2D eigenvalue weighted by atomic mass is 32.2. The average Bonchev–Trinajstić information content (AvgIpc) is 3.29. The lowest BCUT2D eigenvalue weighted by molar-refractivity contribution is -0.138. The number of carbonyl (C=O) groups is 1. The number of sulfone groups is 1. The van der Waals surface area contributed by atoms with E-state index in [0.29, 0.717) is 19.0 Å². The Morgan fingerprint density at radius 3 is 2.68 bits per heavy atom. The van der Waals surface area contributed by atoms with Crippen LogP contribution in [0, 0.1) is 0 Å². The Bertz CT molecular complexity index is 798. The van der Waals surface area contributed by atoms with E-state index in [1.54, 1.807) is 0 Å². The Morgan fingerprint density at radius 1 is 1.21 bits per heavy atom. The van der Waals surface area contributed by atoms with Crippen LogP contribution in [-0.4, -0.2) is 60.8 Å². The molecule has 2 atom stereocenters. The molecule has 1 saturated heterocycles. The molecule has 1 aromatic heterocycles. The zero-order valence-corrected chi connectivity index (χ0v) is 18.4. The van der Waals surface area contributed by atoms with E-state index in [-0.39, 0.29) is 29.5 Å². The Kier molecular flexibility index (Phi) is 6.14. The van der Waals surface area contributed by atoms with Crippen molar-refractivity contribution in [3.63, 3.8) is 0 Å². The molecule has 1 aliphatic carbocycles. The van der Waals surface area contributed by atoms with E-state index in [4.69, 9.17) is 0 Å². The van der Waals surface area contributed by atoms with Crippen LogP contribution in [0.4, 0.5) is 0 Å². The van der Waals surface area contributed by atoms with Gasteiger partial charge < -0.3 is 4.90 Å². The van der Waals surface area contributed by atoms with Crippen LogP contribution >= 0.6 is 11.3 Å². The van der Waals surface area contributed by atoms with Crippen LogP contribution < -0.4 is 0 Å². The first-order valence-electron chi connectivity index (χ1n) is 10.8. The van der Waals surface area contributed by atoms with Crippen LogP contribution in [0.2, 0.25) is 0 Å². The van der Waals surface area contributed by atoms with Gasteiger partial charge in [0.25, 0.3) is 0 Å². The van der Waals surface area contributed by atoms with Gasteiger partial charge in [-0.2, -0.15) is 0 Å². The van der Waals surface area contributed by atoms with Crippen molar-refractivity contribution in [3.8, 4) is 0 Å². The first kappa shape index (κ1) is 20.4. The average molecular weight is 425 g/mol. The number of thiophene rings is 1. The Labute approximate surface area is 173 Å². The molecular formula is C21H32N2O3S2. The zero-order chi connectivity index (χ0) is 19.7. The molecule has 0 aromatic carbocycles. The Hall–Kier alpha value is -0.920. The van der Waals surface area contributed by atoms with Crippen molar-refractivity contribution in [1.29, 1.82) is 0 Å². The van der Waals surface area contributed by atoms with Crippen molar-refractivity contribution in [2.24, 2.45) is 0 Å². The number of carbonyl (C=O) groups excluding carboxylic acids is 1. The van der Waals surface area contributed by atoms with Gasteiger partial charge in [0.05, 0.1) is 18.1 Å². The van der Waals surface area contributed by atoms with Crippen LogP contribution in [0.5, 0.6) is 0 Å². The van der Waals surface area contributed by atoms with Gasteiger partial charge in [-0.05, 0) is 49.1 Å². The molecule has 2 unspecified atom stereocenters. The normalized spacial score (nSPS) is 28.2.